The van der Waals surface area contributed by atoms with E-state index in [9.17, 15) is 9.18 Å². The van der Waals surface area contributed by atoms with Crippen LogP contribution in [0.5, 0.6) is 0 Å². The van der Waals surface area contributed by atoms with E-state index >= 15 is 0 Å². The van der Waals surface area contributed by atoms with Crippen molar-refractivity contribution in [2.24, 2.45) is 0 Å². The van der Waals surface area contributed by atoms with Crippen molar-refractivity contribution in [1.29, 1.82) is 0 Å². The Labute approximate surface area is 99.7 Å². The summed E-state index contributed by atoms with van der Waals surface area (Å²) in [5.74, 6) is -0.603. The summed E-state index contributed by atoms with van der Waals surface area (Å²) in [6.45, 7) is 1.63. The van der Waals surface area contributed by atoms with E-state index in [-0.39, 0.29) is 11.7 Å². The van der Waals surface area contributed by atoms with Crippen LogP contribution < -0.4 is 10.6 Å². The van der Waals surface area contributed by atoms with Gasteiger partial charge >= 0.3 is 0 Å². The highest BCUT2D eigenvalue weighted by atomic mass is 19.1. The molecule has 2 N–H and O–H groups in total. The Kier molecular flexibility index (Phi) is 3.54. The van der Waals surface area contributed by atoms with Crippen LogP contribution in [0.1, 0.15) is 22.3 Å². The minimum Gasteiger partial charge on any atom is -0.355 e. The van der Waals surface area contributed by atoms with Gasteiger partial charge < -0.3 is 10.6 Å². The molecule has 0 radical (unpaired) electrons. The summed E-state index contributed by atoms with van der Waals surface area (Å²) in [6, 6.07) is 4.62. The van der Waals surface area contributed by atoms with E-state index in [2.05, 4.69) is 10.6 Å². The van der Waals surface area contributed by atoms with Crippen LogP contribution in [0.4, 0.5) is 4.39 Å². The lowest BCUT2D eigenvalue weighted by molar-refractivity contribution is 0.0962. The molecule has 90 valence electrons. The summed E-state index contributed by atoms with van der Waals surface area (Å²) >= 11 is 0. The van der Waals surface area contributed by atoms with E-state index in [1.165, 1.54) is 13.1 Å². The minimum atomic E-state index is -0.334. The van der Waals surface area contributed by atoms with Gasteiger partial charge in [-0.2, -0.15) is 0 Å². The van der Waals surface area contributed by atoms with Gasteiger partial charge in [0, 0.05) is 24.7 Å². The molecule has 1 aromatic carbocycles. The maximum Gasteiger partial charge on any atom is 0.251 e. The molecule has 1 amide bonds. The third-order valence-electron chi connectivity index (χ3n) is 2.87. The molecule has 0 atom stereocenters. The number of carbonyl (C=O) groups is 1. The maximum atomic E-state index is 13.9. The molecule has 0 saturated carbocycles. The molecule has 1 aromatic rings. The lowest BCUT2D eigenvalue weighted by Crippen LogP contribution is -2.21. The molecule has 4 heteroatoms. The standard InChI is InChI=1S/C13H15FN2O/c1-15-13(17)10-2-3-11(12(14)8-10)9-4-6-16-7-5-9/h2-4,8,16H,5-7H2,1H3,(H,15,17). The topological polar surface area (TPSA) is 41.1 Å². The molecular formula is C13H15FN2O. The van der Waals surface area contributed by atoms with Crippen molar-refractivity contribution in [2.45, 2.75) is 6.42 Å². The van der Waals surface area contributed by atoms with E-state index in [0.29, 0.717) is 11.1 Å². The van der Waals surface area contributed by atoms with Crippen LogP contribution in [0, 0.1) is 5.82 Å². The lowest BCUT2D eigenvalue weighted by Gasteiger charge is -2.15. The average molecular weight is 234 g/mol. The maximum absolute atomic E-state index is 13.9. The smallest absolute Gasteiger partial charge is 0.251 e. The first-order valence-electron chi connectivity index (χ1n) is 5.64. The predicted molar refractivity (Wildman–Crippen MR) is 65.3 cm³/mol. The fourth-order valence-corrected chi connectivity index (χ4v) is 1.93. The van der Waals surface area contributed by atoms with Crippen molar-refractivity contribution in [3.05, 3.63) is 41.2 Å². The molecule has 0 aliphatic carbocycles. The quantitative estimate of drug-likeness (QED) is 0.815. The number of hydrogen-bond acceptors (Lipinski definition) is 2. The molecule has 0 saturated heterocycles. The Hall–Kier alpha value is -1.68. The van der Waals surface area contributed by atoms with Gasteiger partial charge in [0.15, 0.2) is 0 Å². The first-order valence-corrected chi connectivity index (χ1v) is 5.64. The zero-order valence-corrected chi connectivity index (χ0v) is 9.72. The molecular weight excluding hydrogens is 219 g/mol. The molecule has 1 aliphatic heterocycles. The summed E-state index contributed by atoms with van der Waals surface area (Å²) < 4.78 is 13.9. The summed E-state index contributed by atoms with van der Waals surface area (Å²) in [5, 5.41) is 5.66. The summed E-state index contributed by atoms with van der Waals surface area (Å²) in [6.07, 6.45) is 2.80. The molecule has 0 spiro atoms. The van der Waals surface area contributed by atoms with E-state index in [1.807, 2.05) is 6.08 Å². The molecule has 2 rings (SSSR count). The van der Waals surface area contributed by atoms with Crippen molar-refractivity contribution >= 4 is 11.5 Å². The van der Waals surface area contributed by atoms with Gasteiger partial charge in [0.2, 0.25) is 0 Å². The molecule has 1 heterocycles. The van der Waals surface area contributed by atoms with Crippen molar-refractivity contribution in [3.8, 4) is 0 Å². The van der Waals surface area contributed by atoms with Gasteiger partial charge in [-0.3, -0.25) is 4.79 Å². The fourth-order valence-electron chi connectivity index (χ4n) is 1.93. The van der Waals surface area contributed by atoms with E-state index in [0.717, 1.165) is 25.1 Å². The van der Waals surface area contributed by atoms with Crippen molar-refractivity contribution < 1.29 is 9.18 Å². The van der Waals surface area contributed by atoms with Crippen molar-refractivity contribution in [3.63, 3.8) is 0 Å². The number of amides is 1. The van der Waals surface area contributed by atoms with Gasteiger partial charge in [-0.1, -0.05) is 12.1 Å². The van der Waals surface area contributed by atoms with Crippen LogP contribution in [-0.4, -0.2) is 26.0 Å². The predicted octanol–water partition coefficient (Wildman–Crippen LogP) is 1.56. The summed E-state index contributed by atoms with van der Waals surface area (Å²) in [5.41, 5.74) is 1.95. The third kappa shape index (κ3) is 2.53. The number of carbonyl (C=O) groups excluding carboxylic acids is 1. The second kappa shape index (κ2) is 5.10. The highest BCUT2D eigenvalue weighted by molar-refractivity contribution is 5.94. The van der Waals surface area contributed by atoms with Gasteiger partial charge in [0.25, 0.3) is 5.91 Å². The first-order chi connectivity index (χ1) is 8.22. The van der Waals surface area contributed by atoms with E-state index in [4.69, 9.17) is 0 Å². The van der Waals surface area contributed by atoms with Crippen molar-refractivity contribution in [2.75, 3.05) is 20.1 Å². The van der Waals surface area contributed by atoms with E-state index < -0.39 is 0 Å². The monoisotopic (exact) mass is 234 g/mol. The molecule has 0 unspecified atom stereocenters. The number of nitrogens with one attached hydrogen (secondary N) is 2. The van der Waals surface area contributed by atoms with Crippen LogP contribution in [0.15, 0.2) is 24.3 Å². The van der Waals surface area contributed by atoms with Crippen LogP contribution in [0.3, 0.4) is 0 Å². The number of halogens is 1. The Balaban J connectivity index is 2.31. The van der Waals surface area contributed by atoms with Gasteiger partial charge in [-0.15, -0.1) is 0 Å². The molecule has 0 fully saturated rings. The van der Waals surface area contributed by atoms with E-state index in [1.54, 1.807) is 12.1 Å². The average Bonchev–Trinajstić information content (AvgIpc) is 2.38. The van der Waals surface area contributed by atoms with Gasteiger partial charge in [-0.05, 0) is 30.7 Å². The second-order valence-corrected chi connectivity index (χ2v) is 3.96. The Morgan fingerprint density at radius 3 is 2.88 bits per heavy atom. The zero-order valence-electron chi connectivity index (χ0n) is 9.72. The Morgan fingerprint density at radius 2 is 2.29 bits per heavy atom. The first kappa shape index (κ1) is 11.8. The van der Waals surface area contributed by atoms with Crippen molar-refractivity contribution in [1.82, 2.24) is 10.6 Å². The Morgan fingerprint density at radius 1 is 1.47 bits per heavy atom. The van der Waals surface area contributed by atoms with Crippen LogP contribution in [0.25, 0.3) is 5.57 Å². The zero-order chi connectivity index (χ0) is 12.3. The van der Waals surface area contributed by atoms with Gasteiger partial charge in [0.1, 0.15) is 5.82 Å². The second-order valence-electron chi connectivity index (χ2n) is 3.96. The Bertz CT molecular complexity index is 468. The number of benzene rings is 1. The number of rotatable bonds is 2. The summed E-state index contributed by atoms with van der Waals surface area (Å²) in [7, 11) is 1.53. The van der Waals surface area contributed by atoms with Crippen LogP contribution in [-0.2, 0) is 0 Å². The molecule has 17 heavy (non-hydrogen) atoms. The normalized spacial score (nSPS) is 15.3. The number of hydrogen-bond donors (Lipinski definition) is 2. The molecule has 1 aliphatic rings. The summed E-state index contributed by atoms with van der Waals surface area (Å²) in [4.78, 5) is 11.4. The SMILES string of the molecule is CNC(=O)c1ccc(C2=CCNCC2)c(F)c1. The lowest BCUT2D eigenvalue weighted by atomic mass is 9.98. The largest absolute Gasteiger partial charge is 0.355 e. The molecule has 0 aromatic heterocycles. The third-order valence-corrected chi connectivity index (χ3v) is 2.87. The highest BCUT2D eigenvalue weighted by Crippen LogP contribution is 2.23. The van der Waals surface area contributed by atoms with Crippen LogP contribution >= 0.6 is 0 Å². The molecule has 0 bridgehead atoms. The highest BCUT2D eigenvalue weighted by Gasteiger charge is 2.12. The van der Waals surface area contributed by atoms with Crippen LogP contribution in [0.2, 0.25) is 0 Å². The minimum absolute atomic E-state index is 0.269. The van der Waals surface area contributed by atoms with Gasteiger partial charge in [0.05, 0.1) is 0 Å². The molecule has 3 nitrogen and oxygen atoms in total. The van der Waals surface area contributed by atoms with Gasteiger partial charge in [-0.25, -0.2) is 4.39 Å². The fraction of sp³-hybridized carbons (Fsp3) is 0.308.